The molecule has 0 saturated heterocycles. The summed E-state index contributed by atoms with van der Waals surface area (Å²) in [5.74, 6) is -0.454. The first kappa shape index (κ1) is 26.2. The minimum absolute atomic E-state index is 0.0333. The number of aryl methyl sites for hydroxylation is 1. The van der Waals surface area contributed by atoms with E-state index < -0.39 is 15.3 Å². The second-order valence-corrected chi connectivity index (χ2v) is 11.0. The predicted octanol–water partition coefficient (Wildman–Crippen LogP) is 5.37. The summed E-state index contributed by atoms with van der Waals surface area (Å²) >= 11 is 1.36. The summed E-state index contributed by atoms with van der Waals surface area (Å²) in [6, 6.07) is 29.7. The number of hydrogen-bond donors (Lipinski definition) is 3. The maximum atomic E-state index is 13.3. The molecule has 9 heteroatoms. The van der Waals surface area contributed by atoms with Crippen molar-refractivity contribution in [1.82, 2.24) is 0 Å². The van der Waals surface area contributed by atoms with Gasteiger partial charge in [-0.15, -0.1) is 11.8 Å². The number of sulfonamides is 1. The Bertz CT molecular complexity index is 1510. The van der Waals surface area contributed by atoms with E-state index in [9.17, 15) is 18.0 Å². The van der Waals surface area contributed by atoms with Gasteiger partial charge >= 0.3 is 0 Å². The monoisotopic (exact) mass is 531 g/mol. The van der Waals surface area contributed by atoms with Crippen LogP contribution < -0.4 is 15.8 Å². The quantitative estimate of drug-likeness (QED) is 0.264. The van der Waals surface area contributed by atoms with E-state index in [1.165, 1.54) is 36.0 Å². The molecule has 1 unspecified atom stereocenters. The molecule has 4 aromatic rings. The van der Waals surface area contributed by atoms with Crippen molar-refractivity contribution in [2.45, 2.75) is 22.0 Å². The van der Waals surface area contributed by atoms with Gasteiger partial charge in [-0.3, -0.25) is 9.59 Å². The number of carbonyl (C=O) groups excluding carboxylic acids is 2. The van der Waals surface area contributed by atoms with Gasteiger partial charge in [0.25, 0.3) is 5.91 Å². The molecule has 0 bridgehead atoms. The number of nitrogens with one attached hydrogen (secondary N) is 2. The smallest absolute Gasteiger partial charge is 0.255 e. The van der Waals surface area contributed by atoms with Crippen LogP contribution in [0, 0.1) is 6.92 Å². The van der Waals surface area contributed by atoms with Gasteiger partial charge in [0, 0.05) is 21.8 Å². The van der Waals surface area contributed by atoms with Gasteiger partial charge in [-0.25, -0.2) is 13.6 Å². The van der Waals surface area contributed by atoms with Gasteiger partial charge in [-0.05, 0) is 72.6 Å². The van der Waals surface area contributed by atoms with E-state index in [-0.39, 0.29) is 16.7 Å². The van der Waals surface area contributed by atoms with E-state index in [0.717, 1.165) is 16.0 Å². The summed E-state index contributed by atoms with van der Waals surface area (Å²) in [6.45, 7) is 1.89. The number of thioether (sulfide) groups is 1. The molecular weight excluding hydrogens is 506 g/mol. The predicted molar refractivity (Wildman–Crippen MR) is 147 cm³/mol. The van der Waals surface area contributed by atoms with Crippen molar-refractivity contribution >= 4 is 45.0 Å². The lowest BCUT2D eigenvalue weighted by atomic mass is 10.1. The molecule has 4 rings (SSSR count). The number of anilines is 2. The molecule has 0 fully saturated rings. The first-order valence-corrected chi connectivity index (χ1v) is 13.8. The summed E-state index contributed by atoms with van der Waals surface area (Å²) in [4.78, 5) is 26.7. The molecule has 0 aliphatic rings. The number of primary sulfonamides is 1. The van der Waals surface area contributed by atoms with Crippen molar-refractivity contribution in [3.05, 3.63) is 120 Å². The Balaban J connectivity index is 1.49. The van der Waals surface area contributed by atoms with Crippen LogP contribution in [0.25, 0.3) is 0 Å². The van der Waals surface area contributed by atoms with Crippen molar-refractivity contribution in [2.75, 3.05) is 10.6 Å². The largest absolute Gasteiger partial charge is 0.325 e. The second kappa shape index (κ2) is 11.4. The van der Waals surface area contributed by atoms with Crippen LogP contribution in [0.2, 0.25) is 0 Å². The number of nitrogens with two attached hydrogens (primary N) is 1. The van der Waals surface area contributed by atoms with Crippen LogP contribution in [0.5, 0.6) is 0 Å². The van der Waals surface area contributed by atoms with Crippen molar-refractivity contribution in [1.29, 1.82) is 0 Å². The van der Waals surface area contributed by atoms with Crippen molar-refractivity contribution < 1.29 is 18.0 Å². The molecule has 188 valence electrons. The van der Waals surface area contributed by atoms with E-state index in [4.69, 9.17) is 5.14 Å². The summed E-state index contributed by atoms with van der Waals surface area (Å²) < 4.78 is 23.0. The Hall–Kier alpha value is -3.92. The Labute approximate surface area is 220 Å². The SMILES string of the molecule is Cc1ccccc1C(=O)Nc1ccc(SC(C(=O)Nc2ccc(S(N)(=O)=O)cc2)c2ccccc2)cc1. The minimum atomic E-state index is -3.82. The maximum Gasteiger partial charge on any atom is 0.255 e. The molecule has 0 saturated carbocycles. The highest BCUT2D eigenvalue weighted by Gasteiger charge is 2.22. The van der Waals surface area contributed by atoms with Crippen LogP contribution >= 0.6 is 11.8 Å². The molecule has 0 aliphatic carbocycles. The van der Waals surface area contributed by atoms with Crippen molar-refractivity contribution in [3.8, 4) is 0 Å². The molecule has 0 spiro atoms. The molecular formula is C28H25N3O4S2. The lowest BCUT2D eigenvalue weighted by Gasteiger charge is -2.17. The van der Waals surface area contributed by atoms with Crippen molar-refractivity contribution in [2.24, 2.45) is 5.14 Å². The van der Waals surface area contributed by atoms with Gasteiger partial charge in [-0.1, -0.05) is 48.5 Å². The molecule has 1 atom stereocenters. The fraction of sp³-hybridized carbons (Fsp3) is 0.0714. The molecule has 4 N–H and O–H groups in total. The molecule has 0 aliphatic heterocycles. The minimum Gasteiger partial charge on any atom is -0.325 e. The van der Waals surface area contributed by atoms with Gasteiger partial charge in [-0.2, -0.15) is 0 Å². The summed E-state index contributed by atoms with van der Waals surface area (Å²) in [5.41, 5.74) is 3.41. The van der Waals surface area contributed by atoms with Gasteiger partial charge in [0.05, 0.1) is 4.90 Å². The molecule has 7 nitrogen and oxygen atoms in total. The van der Waals surface area contributed by atoms with E-state index >= 15 is 0 Å². The molecule has 2 amide bonds. The van der Waals surface area contributed by atoms with Crippen LogP contribution in [0.3, 0.4) is 0 Å². The zero-order valence-corrected chi connectivity index (χ0v) is 21.6. The highest BCUT2D eigenvalue weighted by Crippen LogP contribution is 2.36. The molecule has 0 aromatic heterocycles. The average Bonchev–Trinajstić information content (AvgIpc) is 2.88. The molecule has 37 heavy (non-hydrogen) atoms. The summed E-state index contributed by atoms with van der Waals surface area (Å²) in [7, 11) is -3.82. The van der Waals surface area contributed by atoms with Gasteiger partial charge in [0.15, 0.2) is 0 Å². The highest BCUT2D eigenvalue weighted by molar-refractivity contribution is 8.00. The fourth-order valence-electron chi connectivity index (χ4n) is 3.62. The maximum absolute atomic E-state index is 13.3. The molecule has 0 heterocycles. The lowest BCUT2D eigenvalue weighted by Crippen LogP contribution is -2.19. The van der Waals surface area contributed by atoms with Crippen LogP contribution in [0.15, 0.2) is 113 Å². The van der Waals surface area contributed by atoms with E-state index in [2.05, 4.69) is 10.6 Å². The van der Waals surface area contributed by atoms with E-state index in [1.54, 1.807) is 18.2 Å². The Kier molecular flexibility index (Phi) is 8.08. The molecule has 0 radical (unpaired) electrons. The normalized spacial score (nSPS) is 11.9. The van der Waals surface area contributed by atoms with Gasteiger partial charge in [0.1, 0.15) is 5.25 Å². The number of carbonyl (C=O) groups is 2. The third kappa shape index (κ3) is 6.85. The number of hydrogen-bond acceptors (Lipinski definition) is 5. The van der Waals surface area contributed by atoms with E-state index in [1.807, 2.05) is 67.6 Å². The standard InChI is InChI=1S/C28H25N3O4S2/c1-19-7-5-6-10-25(19)27(32)30-21-11-15-23(16-12-21)36-26(20-8-3-2-4-9-20)28(33)31-22-13-17-24(18-14-22)37(29,34)35/h2-18,26H,1H3,(H,30,32)(H,31,33)(H2,29,34,35). The highest BCUT2D eigenvalue weighted by atomic mass is 32.2. The van der Waals surface area contributed by atoms with Crippen LogP contribution in [-0.2, 0) is 14.8 Å². The van der Waals surface area contributed by atoms with Crippen LogP contribution in [-0.4, -0.2) is 20.2 Å². The fourth-order valence-corrected chi connectivity index (χ4v) is 5.16. The number of rotatable bonds is 8. The topological polar surface area (TPSA) is 118 Å². The first-order chi connectivity index (χ1) is 17.7. The van der Waals surface area contributed by atoms with Crippen molar-refractivity contribution in [3.63, 3.8) is 0 Å². The third-order valence-corrected chi connectivity index (χ3v) is 7.74. The Morgan fingerprint density at radius 3 is 1.95 bits per heavy atom. The summed E-state index contributed by atoms with van der Waals surface area (Å²) in [5, 5.41) is 10.3. The van der Waals surface area contributed by atoms with Crippen LogP contribution in [0.1, 0.15) is 26.7 Å². The number of benzene rings is 4. The van der Waals surface area contributed by atoms with Gasteiger partial charge in [0.2, 0.25) is 15.9 Å². The first-order valence-electron chi connectivity index (χ1n) is 11.3. The zero-order chi connectivity index (χ0) is 26.4. The average molecular weight is 532 g/mol. The number of amides is 2. The second-order valence-electron chi connectivity index (χ2n) is 8.26. The Morgan fingerprint density at radius 1 is 0.757 bits per heavy atom. The molecule has 4 aromatic carbocycles. The lowest BCUT2D eigenvalue weighted by molar-refractivity contribution is -0.115. The van der Waals surface area contributed by atoms with Gasteiger partial charge < -0.3 is 10.6 Å². The third-order valence-electron chi connectivity index (χ3n) is 5.55. The summed E-state index contributed by atoms with van der Waals surface area (Å²) in [6.07, 6.45) is 0. The van der Waals surface area contributed by atoms with Crippen LogP contribution in [0.4, 0.5) is 11.4 Å². The Morgan fingerprint density at radius 2 is 1.32 bits per heavy atom. The van der Waals surface area contributed by atoms with E-state index in [0.29, 0.717) is 16.9 Å². The zero-order valence-electron chi connectivity index (χ0n) is 19.9.